The van der Waals surface area contributed by atoms with Crippen LogP contribution in [0.25, 0.3) is 0 Å². The smallest absolute Gasteiger partial charge is 0.273 e. The molecule has 1 aromatic heterocycles. The maximum atomic E-state index is 12.6. The van der Waals surface area contributed by atoms with Gasteiger partial charge in [0.25, 0.3) is 17.0 Å². The van der Waals surface area contributed by atoms with Crippen molar-refractivity contribution in [1.82, 2.24) is 10.3 Å². The van der Waals surface area contributed by atoms with Gasteiger partial charge in [-0.1, -0.05) is 35.2 Å². The molecular weight excluding hydrogens is 420 g/mol. The van der Waals surface area contributed by atoms with Crippen LogP contribution in [0.15, 0.2) is 58.5 Å². The average Bonchev–Trinajstić information content (AvgIpc) is 3.15. The van der Waals surface area contributed by atoms with E-state index in [-0.39, 0.29) is 11.8 Å². The van der Waals surface area contributed by atoms with E-state index in [0.29, 0.717) is 41.7 Å². The van der Waals surface area contributed by atoms with E-state index in [4.69, 9.17) is 10.5 Å². The predicted molar refractivity (Wildman–Crippen MR) is 117 cm³/mol. The molecule has 4 N–H and O–H groups in total. The number of fused-ring (bicyclic) bond motifs is 2. The maximum Gasteiger partial charge on any atom is 0.273 e. The number of aromatic nitrogens is 1. The molecule has 7 nitrogen and oxygen atoms in total. The van der Waals surface area contributed by atoms with Gasteiger partial charge in [0.1, 0.15) is 0 Å². The Bertz CT molecular complexity index is 1080. The summed E-state index contributed by atoms with van der Waals surface area (Å²) < 4.78 is 5.50. The summed E-state index contributed by atoms with van der Waals surface area (Å²) in [5.41, 5.74) is 7.17. The highest BCUT2D eigenvalue weighted by Gasteiger charge is 2.20. The minimum atomic E-state index is -0.224. The Kier molecular flexibility index (Phi) is 6.32. The molecule has 2 amide bonds. The number of amides is 2. The second kappa shape index (κ2) is 9.29. The second-order valence-electron chi connectivity index (χ2n) is 6.53. The fourth-order valence-electron chi connectivity index (χ4n) is 2.86. The summed E-state index contributed by atoms with van der Waals surface area (Å²) in [5.74, 6) is -0.404. The van der Waals surface area contributed by atoms with Gasteiger partial charge in [0.2, 0.25) is 0 Å². The molecule has 0 saturated carbocycles. The van der Waals surface area contributed by atoms with Crippen LogP contribution >= 0.6 is 23.1 Å². The Hall–Kier alpha value is -2.88. The van der Waals surface area contributed by atoms with Gasteiger partial charge in [-0.25, -0.2) is 4.98 Å². The number of nitrogens with zero attached hydrogens (tertiary/aromatic N) is 1. The van der Waals surface area contributed by atoms with Gasteiger partial charge in [0.05, 0.1) is 24.4 Å². The number of carbonyl (C=O) groups is 2. The zero-order chi connectivity index (χ0) is 20.9. The van der Waals surface area contributed by atoms with E-state index in [0.717, 1.165) is 21.1 Å². The first kappa shape index (κ1) is 20.4. The van der Waals surface area contributed by atoms with Crippen LogP contribution < -0.4 is 21.1 Å². The molecular formula is C21H20N4O3S2. The van der Waals surface area contributed by atoms with Gasteiger partial charge in [0.15, 0.2) is 0 Å². The van der Waals surface area contributed by atoms with E-state index in [2.05, 4.69) is 15.6 Å². The normalized spacial score (nSPS) is 12.4. The van der Waals surface area contributed by atoms with Crippen LogP contribution in [-0.4, -0.2) is 29.9 Å². The number of rotatable bonds is 7. The molecule has 0 saturated heterocycles. The number of hydrogen-bond donors (Lipinski definition) is 3. The molecule has 2 aromatic carbocycles. The minimum Gasteiger partial charge on any atom is -0.470 e. The molecule has 0 bridgehead atoms. The minimum absolute atomic E-state index is 0.179. The Balaban J connectivity index is 1.41. The van der Waals surface area contributed by atoms with Gasteiger partial charge >= 0.3 is 0 Å². The molecule has 9 heteroatoms. The van der Waals surface area contributed by atoms with Crippen molar-refractivity contribution in [2.75, 3.05) is 18.5 Å². The Labute approximate surface area is 182 Å². The summed E-state index contributed by atoms with van der Waals surface area (Å²) >= 11 is 2.90. The number of thiazole rings is 1. The third kappa shape index (κ3) is 4.64. The van der Waals surface area contributed by atoms with Crippen LogP contribution in [-0.2, 0) is 6.54 Å². The lowest BCUT2D eigenvalue weighted by Crippen LogP contribution is -2.22. The van der Waals surface area contributed by atoms with Crippen molar-refractivity contribution >= 4 is 40.6 Å². The van der Waals surface area contributed by atoms with Gasteiger partial charge in [-0.2, -0.15) is 0 Å². The van der Waals surface area contributed by atoms with Crippen LogP contribution in [0.3, 0.4) is 0 Å². The monoisotopic (exact) mass is 440 g/mol. The van der Waals surface area contributed by atoms with Crippen molar-refractivity contribution in [1.29, 1.82) is 0 Å². The van der Waals surface area contributed by atoms with Crippen LogP contribution in [0.1, 0.15) is 32.0 Å². The highest BCUT2D eigenvalue weighted by atomic mass is 32.2. The van der Waals surface area contributed by atoms with Crippen molar-refractivity contribution in [3.63, 3.8) is 0 Å². The van der Waals surface area contributed by atoms with Crippen molar-refractivity contribution < 1.29 is 14.3 Å². The SMILES string of the molecule is NCCCOc1ncc(CNC(=O)c2ccc3c(c2)NC(=O)c2ccccc2S3)s1. The second-order valence-corrected chi connectivity index (χ2v) is 8.69. The molecule has 1 aliphatic heterocycles. The van der Waals surface area contributed by atoms with Crippen LogP contribution in [0.4, 0.5) is 5.69 Å². The number of ether oxygens (including phenoxy) is 1. The van der Waals surface area contributed by atoms with E-state index in [9.17, 15) is 9.59 Å². The van der Waals surface area contributed by atoms with E-state index >= 15 is 0 Å². The van der Waals surface area contributed by atoms with Crippen molar-refractivity contribution in [3.05, 3.63) is 64.7 Å². The zero-order valence-electron chi connectivity index (χ0n) is 16.0. The van der Waals surface area contributed by atoms with E-state index in [1.165, 1.54) is 23.1 Å². The van der Waals surface area contributed by atoms with E-state index in [1.54, 1.807) is 24.4 Å². The Morgan fingerprint density at radius 3 is 2.93 bits per heavy atom. The van der Waals surface area contributed by atoms with Crippen LogP contribution in [0, 0.1) is 0 Å². The summed E-state index contributed by atoms with van der Waals surface area (Å²) in [7, 11) is 0. The first-order valence-electron chi connectivity index (χ1n) is 9.42. The lowest BCUT2D eigenvalue weighted by atomic mass is 10.1. The standard InChI is InChI=1S/C21H20N4O3S2/c22-8-3-9-28-21-24-12-14(29-21)11-23-19(26)13-6-7-18-16(10-13)25-20(27)15-4-1-2-5-17(15)30-18/h1-2,4-7,10,12H,3,8-9,11,22H2,(H,23,26)(H,25,27). The maximum absolute atomic E-state index is 12.6. The largest absolute Gasteiger partial charge is 0.470 e. The van der Waals surface area contributed by atoms with Crippen molar-refractivity contribution in [2.24, 2.45) is 5.73 Å². The first-order valence-corrected chi connectivity index (χ1v) is 11.1. The Morgan fingerprint density at radius 1 is 1.20 bits per heavy atom. The van der Waals surface area contributed by atoms with Gasteiger partial charge in [-0.15, -0.1) is 0 Å². The summed E-state index contributed by atoms with van der Waals surface area (Å²) in [6, 6.07) is 12.8. The third-order valence-corrected chi connectivity index (χ3v) is 6.43. The predicted octanol–water partition coefficient (Wildman–Crippen LogP) is 3.52. The molecule has 30 heavy (non-hydrogen) atoms. The number of hydrogen-bond acceptors (Lipinski definition) is 7. The van der Waals surface area contributed by atoms with Crippen molar-refractivity contribution in [2.45, 2.75) is 22.8 Å². The molecule has 154 valence electrons. The van der Waals surface area contributed by atoms with Gasteiger partial charge in [-0.3, -0.25) is 9.59 Å². The molecule has 0 spiro atoms. The Morgan fingerprint density at radius 2 is 2.07 bits per heavy atom. The molecule has 0 aliphatic carbocycles. The lowest BCUT2D eigenvalue weighted by Gasteiger charge is -2.09. The van der Waals surface area contributed by atoms with Crippen LogP contribution in [0.2, 0.25) is 0 Å². The molecule has 4 rings (SSSR count). The van der Waals surface area contributed by atoms with Gasteiger partial charge < -0.3 is 21.1 Å². The molecule has 0 atom stereocenters. The van der Waals surface area contributed by atoms with Crippen molar-refractivity contribution in [3.8, 4) is 5.19 Å². The highest BCUT2D eigenvalue weighted by molar-refractivity contribution is 7.99. The summed E-state index contributed by atoms with van der Waals surface area (Å²) in [6.45, 7) is 1.44. The quantitative estimate of drug-likeness (QED) is 0.486. The summed E-state index contributed by atoms with van der Waals surface area (Å²) in [5, 5.41) is 6.35. The first-order chi connectivity index (χ1) is 14.6. The third-order valence-electron chi connectivity index (χ3n) is 4.37. The highest BCUT2D eigenvalue weighted by Crippen LogP contribution is 2.39. The fraction of sp³-hybridized carbons (Fsp3) is 0.190. The van der Waals surface area contributed by atoms with Gasteiger partial charge in [-0.05, 0) is 43.3 Å². The van der Waals surface area contributed by atoms with E-state index in [1.807, 2.05) is 24.3 Å². The number of anilines is 1. The topological polar surface area (TPSA) is 106 Å². The number of carbonyl (C=O) groups excluding carboxylic acids is 2. The lowest BCUT2D eigenvalue weighted by molar-refractivity contribution is 0.0949. The van der Waals surface area contributed by atoms with Gasteiger partial charge in [0, 0.05) is 26.4 Å². The summed E-state index contributed by atoms with van der Waals surface area (Å²) in [4.78, 5) is 32.0. The molecule has 0 fully saturated rings. The number of nitrogens with two attached hydrogens (primary N) is 1. The zero-order valence-corrected chi connectivity index (χ0v) is 17.6. The fourth-order valence-corrected chi connectivity index (χ4v) is 4.59. The summed E-state index contributed by atoms with van der Waals surface area (Å²) in [6.07, 6.45) is 2.46. The molecule has 1 aliphatic rings. The molecule has 3 aromatic rings. The molecule has 2 heterocycles. The number of nitrogens with one attached hydrogen (secondary N) is 2. The van der Waals surface area contributed by atoms with Crippen LogP contribution in [0.5, 0.6) is 5.19 Å². The number of benzene rings is 2. The molecule has 0 radical (unpaired) electrons. The molecule has 0 unspecified atom stereocenters. The van der Waals surface area contributed by atoms with E-state index < -0.39 is 0 Å². The average molecular weight is 441 g/mol.